The molecule has 1 aromatic heterocycles. The van der Waals surface area contributed by atoms with Gasteiger partial charge in [-0.3, -0.25) is 0 Å². The second-order valence-electron chi connectivity index (χ2n) is 4.01. The number of para-hydroxylation sites is 2. The molecule has 1 aromatic carbocycles. The molecule has 2 aromatic rings. The lowest BCUT2D eigenvalue weighted by molar-refractivity contribution is 0.531. The van der Waals surface area contributed by atoms with Gasteiger partial charge in [0.05, 0.1) is 17.4 Å². The molecule has 0 spiro atoms. The first kappa shape index (κ1) is 10.9. The number of imidazole rings is 1. The number of allylic oxidation sites excluding steroid dienone is 1. The van der Waals surface area contributed by atoms with Gasteiger partial charge in [0.1, 0.15) is 0 Å². The lowest BCUT2D eigenvalue weighted by atomic mass is 10.1. The second kappa shape index (κ2) is 4.94. The summed E-state index contributed by atoms with van der Waals surface area (Å²) in [6, 6.07) is 8.27. The predicted octanol–water partition coefficient (Wildman–Crippen LogP) is 2.33. The lowest BCUT2D eigenvalue weighted by Gasteiger charge is -2.11. The first-order valence-electron chi connectivity index (χ1n) is 5.57. The number of hydrogen-bond donors (Lipinski definition) is 1. The molecule has 0 saturated heterocycles. The number of aromatic nitrogens is 2. The number of benzene rings is 1. The van der Waals surface area contributed by atoms with Crippen molar-refractivity contribution in [2.75, 3.05) is 0 Å². The van der Waals surface area contributed by atoms with E-state index in [0.29, 0.717) is 0 Å². The molecule has 3 nitrogen and oxygen atoms in total. The Bertz CT molecular complexity index is 473. The molecule has 16 heavy (non-hydrogen) atoms. The summed E-state index contributed by atoms with van der Waals surface area (Å²) in [4.78, 5) is 4.34. The van der Waals surface area contributed by atoms with Crippen LogP contribution in [0.4, 0.5) is 0 Å². The summed E-state index contributed by atoms with van der Waals surface area (Å²) in [7, 11) is 0. The van der Waals surface area contributed by atoms with Crippen molar-refractivity contribution < 1.29 is 0 Å². The summed E-state index contributed by atoms with van der Waals surface area (Å²) in [5.41, 5.74) is 8.22. The van der Waals surface area contributed by atoms with Crippen LogP contribution in [-0.4, -0.2) is 15.6 Å². The third-order valence-electron chi connectivity index (χ3n) is 2.70. The molecule has 0 amide bonds. The fourth-order valence-electron chi connectivity index (χ4n) is 1.83. The van der Waals surface area contributed by atoms with Crippen molar-refractivity contribution in [1.82, 2.24) is 9.55 Å². The van der Waals surface area contributed by atoms with Crippen LogP contribution in [0.5, 0.6) is 0 Å². The quantitative estimate of drug-likeness (QED) is 0.778. The smallest absolute Gasteiger partial charge is 0.0958 e. The summed E-state index contributed by atoms with van der Waals surface area (Å²) >= 11 is 0. The van der Waals surface area contributed by atoms with E-state index in [2.05, 4.69) is 22.2 Å². The van der Waals surface area contributed by atoms with Crippen LogP contribution in [0.25, 0.3) is 11.0 Å². The number of rotatable bonds is 5. The van der Waals surface area contributed by atoms with E-state index in [1.165, 1.54) is 0 Å². The Morgan fingerprint density at radius 1 is 1.44 bits per heavy atom. The highest BCUT2D eigenvalue weighted by molar-refractivity contribution is 5.74. The van der Waals surface area contributed by atoms with Crippen LogP contribution >= 0.6 is 0 Å². The SMILES string of the molecule is C=CCCC(N)Cn1cnc2ccccc21. The Balaban J connectivity index is 2.12. The van der Waals surface area contributed by atoms with Gasteiger partial charge in [0.2, 0.25) is 0 Å². The molecule has 2 rings (SSSR count). The van der Waals surface area contributed by atoms with Crippen molar-refractivity contribution in [2.45, 2.75) is 25.4 Å². The lowest BCUT2D eigenvalue weighted by Crippen LogP contribution is -2.25. The standard InChI is InChI=1S/C13H17N3/c1-2-3-6-11(14)9-16-10-15-12-7-4-5-8-13(12)16/h2,4-5,7-8,10-11H,1,3,6,9,14H2. The molecular formula is C13H17N3. The summed E-state index contributed by atoms with van der Waals surface area (Å²) in [5, 5.41) is 0. The Morgan fingerprint density at radius 2 is 2.25 bits per heavy atom. The van der Waals surface area contributed by atoms with Crippen LogP contribution in [0.1, 0.15) is 12.8 Å². The van der Waals surface area contributed by atoms with Crippen LogP contribution < -0.4 is 5.73 Å². The Morgan fingerprint density at radius 3 is 3.06 bits per heavy atom. The predicted molar refractivity (Wildman–Crippen MR) is 67.1 cm³/mol. The van der Waals surface area contributed by atoms with Crippen molar-refractivity contribution >= 4 is 11.0 Å². The van der Waals surface area contributed by atoms with Gasteiger partial charge < -0.3 is 10.3 Å². The van der Waals surface area contributed by atoms with Gasteiger partial charge in [0, 0.05) is 12.6 Å². The third kappa shape index (κ3) is 2.31. The number of nitrogens with two attached hydrogens (primary N) is 1. The van der Waals surface area contributed by atoms with Gasteiger partial charge in [-0.2, -0.15) is 0 Å². The second-order valence-corrected chi connectivity index (χ2v) is 4.01. The van der Waals surface area contributed by atoms with Gasteiger partial charge >= 0.3 is 0 Å². The van der Waals surface area contributed by atoms with Crippen molar-refractivity contribution in [3.63, 3.8) is 0 Å². The number of nitrogens with zero attached hydrogens (tertiary/aromatic N) is 2. The third-order valence-corrected chi connectivity index (χ3v) is 2.70. The van der Waals surface area contributed by atoms with Gasteiger partial charge in [-0.25, -0.2) is 4.98 Å². The van der Waals surface area contributed by atoms with E-state index in [4.69, 9.17) is 5.73 Å². The minimum absolute atomic E-state index is 0.163. The van der Waals surface area contributed by atoms with Crippen molar-refractivity contribution in [2.24, 2.45) is 5.73 Å². The maximum absolute atomic E-state index is 6.05. The molecule has 0 aliphatic rings. The molecule has 0 fully saturated rings. The van der Waals surface area contributed by atoms with Crippen LogP contribution in [0.3, 0.4) is 0 Å². The zero-order chi connectivity index (χ0) is 11.4. The summed E-state index contributed by atoms with van der Waals surface area (Å²) in [6.07, 6.45) is 5.70. The van der Waals surface area contributed by atoms with Crippen molar-refractivity contribution in [3.05, 3.63) is 43.2 Å². The van der Waals surface area contributed by atoms with E-state index in [1.54, 1.807) is 0 Å². The van der Waals surface area contributed by atoms with Gasteiger partial charge in [-0.15, -0.1) is 6.58 Å². The van der Waals surface area contributed by atoms with E-state index < -0.39 is 0 Å². The minimum atomic E-state index is 0.163. The van der Waals surface area contributed by atoms with Crippen LogP contribution in [0, 0.1) is 0 Å². The molecule has 0 aliphatic heterocycles. The molecule has 1 unspecified atom stereocenters. The molecule has 84 valence electrons. The van der Waals surface area contributed by atoms with Crippen molar-refractivity contribution in [3.8, 4) is 0 Å². The highest BCUT2D eigenvalue weighted by Gasteiger charge is 2.06. The zero-order valence-corrected chi connectivity index (χ0v) is 9.34. The van der Waals surface area contributed by atoms with E-state index in [-0.39, 0.29) is 6.04 Å². The fraction of sp³-hybridized carbons (Fsp3) is 0.308. The summed E-state index contributed by atoms with van der Waals surface area (Å²) in [6.45, 7) is 4.52. The topological polar surface area (TPSA) is 43.8 Å². The van der Waals surface area contributed by atoms with Gasteiger partial charge in [-0.1, -0.05) is 18.2 Å². The maximum atomic E-state index is 6.05. The van der Waals surface area contributed by atoms with E-state index in [1.807, 2.05) is 30.6 Å². The Kier molecular flexibility index (Phi) is 3.37. The molecule has 0 aliphatic carbocycles. The molecule has 3 heteroatoms. The summed E-state index contributed by atoms with van der Waals surface area (Å²) in [5.74, 6) is 0. The Hall–Kier alpha value is -1.61. The van der Waals surface area contributed by atoms with Crippen LogP contribution in [-0.2, 0) is 6.54 Å². The molecule has 2 N–H and O–H groups in total. The number of hydrogen-bond acceptors (Lipinski definition) is 2. The van der Waals surface area contributed by atoms with E-state index >= 15 is 0 Å². The average Bonchev–Trinajstić information content (AvgIpc) is 2.70. The summed E-state index contributed by atoms with van der Waals surface area (Å²) < 4.78 is 2.11. The fourth-order valence-corrected chi connectivity index (χ4v) is 1.83. The van der Waals surface area contributed by atoms with Gasteiger partial charge in [0.15, 0.2) is 0 Å². The first-order chi connectivity index (χ1) is 7.81. The molecule has 1 atom stereocenters. The van der Waals surface area contributed by atoms with Crippen LogP contribution in [0.2, 0.25) is 0 Å². The maximum Gasteiger partial charge on any atom is 0.0958 e. The van der Waals surface area contributed by atoms with E-state index in [0.717, 1.165) is 30.4 Å². The van der Waals surface area contributed by atoms with E-state index in [9.17, 15) is 0 Å². The molecule has 0 saturated carbocycles. The minimum Gasteiger partial charge on any atom is -0.329 e. The molecule has 0 radical (unpaired) electrons. The van der Waals surface area contributed by atoms with Crippen molar-refractivity contribution in [1.29, 1.82) is 0 Å². The molecular weight excluding hydrogens is 198 g/mol. The largest absolute Gasteiger partial charge is 0.329 e. The first-order valence-corrected chi connectivity index (χ1v) is 5.57. The highest BCUT2D eigenvalue weighted by atomic mass is 15.1. The van der Waals surface area contributed by atoms with Gasteiger partial charge in [0.25, 0.3) is 0 Å². The highest BCUT2D eigenvalue weighted by Crippen LogP contribution is 2.12. The van der Waals surface area contributed by atoms with Gasteiger partial charge in [-0.05, 0) is 25.0 Å². The van der Waals surface area contributed by atoms with Crippen LogP contribution in [0.15, 0.2) is 43.2 Å². The molecule has 1 heterocycles. The monoisotopic (exact) mass is 215 g/mol. The normalized spacial score (nSPS) is 12.8. The Labute approximate surface area is 95.6 Å². The zero-order valence-electron chi connectivity index (χ0n) is 9.34. The number of fused-ring (bicyclic) bond motifs is 1. The average molecular weight is 215 g/mol. The molecule has 0 bridgehead atoms.